The third kappa shape index (κ3) is 3.75. The van der Waals surface area contributed by atoms with E-state index in [1.165, 1.54) is 31.4 Å². The van der Waals surface area contributed by atoms with Gasteiger partial charge >= 0.3 is 6.18 Å². The largest absolute Gasteiger partial charge is 0.463 e. The molecule has 0 unspecified atom stereocenters. The molecule has 0 aliphatic heterocycles. The minimum Gasteiger partial charge on any atom is -0.463 e. The lowest BCUT2D eigenvalue weighted by Crippen LogP contribution is -2.35. The molecule has 3 rings (SSSR count). The smallest absolute Gasteiger partial charge is 0.418 e. The highest BCUT2D eigenvalue weighted by Crippen LogP contribution is 2.34. The number of benzene rings is 1. The molecule has 3 N–H and O–H groups in total. The monoisotopic (exact) mass is 392 g/mol. The molecule has 1 atom stereocenters. The van der Waals surface area contributed by atoms with E-state index in [-0.39, 0.29) is 11.4 Å². The van der Waals surface area contributed by atoms with Crippen molar-refractivity contribution in [1.29, 1.82) is 0 Å². The molecule has 10 heteroatoms. The van der Waals surface area contributed by atoms with Gasteiger partial charge in [-0.1, -0.05) is 12.1 Å². The SMILES string of the molecule is C[C@H](C(=O)Nc1ccccc1C(F)(F)F)n1nc(-c2ccco2)cc(N)c1=O. The summed E-state index contributed by atoms with van der Waals surface area (Å²) in [4.78, 5) is 24.8. The molecule has 146 valence electrons. The third-order valence-corrected chi connectivity index (χ3v) is 3.97. The van der Waals surface area contributed by atoms with E-state index >= 15 is 0 Å². The summed E-state index contributed by atoms with van der Waals surface area (Å²) in [5.74, 6) is -0.544. The van der Waals surface area contributed by atoms with Gasteiger partial charge in [0.15, 0.2) is 5.76 Å². The quantitative estimate of drug-likeness (QED) is 0.709. The summed E-state index contributed by atoms with van der Waals surface area (Å²) in [6.45, 7) is 1.32. The molecular formula is C18H15F3N4O3. The first-order chi connectivity index (χ1) is 13.2. The molecule has 1 aromatic carbocycles. The number of halogens is 3. The lowest BCUT2D eigenvalue weighted by Gasteiger charge is -2.18. The van der Waals surface area contributed by atoms with Gasteiger partial charge in [0.05, 0.1) is 17.5 Å². The molecule has 7 nitrogen and oxygen atoms in total. The maximum Gasteiger partial charge on any atom is 0.418 e. The fourth-order valence-electron chi connectivity index (χ4n) is 2.53. The molecule has 28 heavy (non-hydrogen) atoms. The van der Waals surface area contributed by atoms with Gasteiger partial charge in [0.1, 0.15) is 17.4 Å². The van der Waals surface area contributed by atoms with E-state index in [1.54, 1.807) is 12.1 Å². The fraction of sp³-hybridized carbons (Fsp3) is 0.167. The van der Waals surface area contributed by atoms with Gasteiger partial charge in [0.2, 0.25) is 5.91 Å². The standard InChI is InChI=1S/C18H15F3N4O3/c1-10(16(26)23-13-6-3-2-5-11(13)18(19,20)21)25-17(27)12(22)9-14(24-25)15-7-4-8-28-15/h2-10H,22H2,1H3,(H,23,26)/t10-/m1/s1. The number of rotatable bonds is 4. The number of para-hydroxylation sites is 1. The topological polar surface area (TPSA) is 103 Å². The Labute approximate surface area is 156 Å². The normalized spacial score (nSPS) is 12.6. The predicted octanol–water partition coefficient (Wildman–Crippen LogP) is 3.30. The van der Waals surface area contributed by atoms with E-state index in [0.717, 1.165) is 16.8 Å². The van der Waals surface area contributed by atoms with Crippen molar-refractivity contribution in [3.63, 3.8) is 0 Å². The number of nitrogen functional groups attached to an aromatic ring is 1. The van der Waals surface area contributed by atoms with Crippen LogP contribution in [0.5, 0.6) is 0 Å². The predicted molar refractivity (Wildman–Crippen MR) is 95.4 cm³/mol. The van der Waals surface area contributed by atoms with Crippen LogP contribution in [-0.4, -0.2) is 15.7 Å². The second-order valence-corrected chi connectivity index (χ2v) is 5.92. The zero-order chi connectivity index (χ0) is 20.5. The van der Waals surface area contributed by atoms with Crippen LogP contribution in [0.15, 0.2) is 57.9 Å². The van der Waals surface area contributed by atoms with Crippen LogP contribution >= 0.6 is 0 Å². The van der Waals surface area contributed by atoms with Gasteiger partial charge in [0, 0.05) is 0 Å². The highest BCUT2D eigenvalue weighted by atomic mass is 19.4. The number of nitrogens with two attached hydrogens (primary N) is 1. The lowest BCUT2D eigenvalue weighted by atomic mass is 10.1. The second kappa shape index (κ2) is 7.22. The Morgan fingerprint density at radius 1 is 1.25 bits per heavy atom. The number of furan rings is 1. The Balaban J connectivity index is 1.94. The molecule has 0 aliphatic rings. The zero-order valence-electron chi connectivity index (χ0n) is 14.5. The average molecular weight is 392 g/mol. The highest BCUT2D eigenvalue weighted by Gasteiger charge is 2.34. The molecule has 2 heterocycles. The summed E-state index contributed by atoms with van der Waals surface area (Å²) in [5.41, 5.74) is 3.56. The number of carbonyl (C=O) groups is 1. The summed E-state index contributed by atoms with van der Waals surface area (Å²) < 4.78 is 45.3. The van der Waals surface area contributed by atoms with Crippen LogP contribution in [-0.2, 0) is 11.0 Å². The molecule has 0 radical (unpaired) electrons. The maximum atomic E-state index is 13.1. The molecule has 0 fully saturated rings. The first-order valence-electron chi connectivity index (χ1n) is 8.09. The van der Waals surface area contributed by atoms with Crippen molar-refractivity contribution in [2.45, 2.75) is 19.1 Å². The molecule has 2 aromatic heterocycles. The van der Waals surface area contributed by atoms with Crippen molar-refractivity contribution in [1.82, 2.24) is 9.78 Å². The first-order valence-corrected chi connectivity index (χ1v) is 8.09. The van der Waals surface area contributed by atoms with E-state index in [2.05, 4.69) is 10.4 Å². The molecule has 0 spiro atoms. The molecule has 0 saturated heterocycles. The number of nitrogens with one attached hydrogen (secondary N) is 1. The first kappa shape index (κ1) is 19.2. The molecule has 0 aliphatic carbocycles. The number of anilines is 2. The molecule has 1 amide bonds. The number of amides is 1. The molecular weight excluding hydrogens is 377 g/mol. The van der Waals surface area contributed by atoms with Crippen molar-refractivity contribution in [3.05, 3.63) is 64.6 Å². The van der Waals surface area contributed by atoms with Gasteiger partial charge < -0.3 is 15.5 Å². The summed E-state index contributed by atoms with van der Waals surface area (Å²) in [6, 6.07) is 7.79. The minimum absolute atomic E-state index is 0.184. The minimum atomic E-state index is -4.65. The van der Waals surface area contributed by atoms with Crippen LogP contribution in [0, 0.1) is 0 Å². The van der Waals surface area contributed by atoms with Crippen LogP contribution in [0.2, 0.25) is 0 Å². The molecule has 3 aromatic rings. The van der Waals surface area contributed by atoms with Crippen LogP contribution in [0.25, 0.3) is 11.5 Å². The Bertz CT molecular complexity index is 1060. The summed E-state index contributed by atoms with van der Waals surface area (Å²) >= 11 is 0. The Morgan fingerprint density at radius 2 is 1.96 bits per heavy atom. The molecule has 0 saturated carbocycles. The van der Waals surface area contributed by atoms with E-state index in [9.17, 15) is 22.8 Å². The van der Waals surface area contributed by atoms with Crippen molar-refractivity contribution in [3.8, 4) is 11.5 Å². The maximum absolute atomic E-state index is 13.1. The zero-order valence-corrected chi connectivity index (χ0v) is 14.5. The number of aromatic nitrogens is 2. The van der Waals surface area contributed by atoms with Crippen LogP contribution in [0.4, 0.5) is 24.5 Å². The highest BCUT2D eigenvalue weighted by molar-refractivity contribution is 5.94. The Kier molecular flexibility index (Phi) is 4.95. The average Bonchev–Trinajstić information content (AvgIpc) is 3.17. The van der Waals surface area contributed by atoms with E-state index in [1.807, 2.05) is 0 Å². The van der Waals surface area contributed by atoms with Gasteiger partial charge in [-0.15, -0.1) is 0 Å². The van der Waals surface area contributed by atoms with E-state index in [0.29, 0.717) is 5.76 Å². The summed E-state index contributed by atoms with van der Waals surface area (Å²) in [7, 11) is 0. The van der Waals surface area contributed by atoms with Gasteiger partial charge in [-0.05, 0) is 37.3 Å². The van der Waals surface area contributed by atoms with Crippen LogP contribution in [0.1, 0.15) is 18.5 Å². The second-order valence-electron chi connectivity index (χ2n) is 5.92. The van der Waals surface area contributed by atoms with Crippen LogP contribution < -0.4 is 16.6 Å². The molecule has 0 bridgehead atoms. The van der Waals surface area contributed by atoms with Gasteiger partial charge in [-0.25, -0.2) is 4.68 Å². The number of hydrogen-bond donors (Lipinski definition) is 2. The summed E-state index contributed by atoms with van der Waals surface area (Å²) in [6.07, 6.45) is -3.25. The lowest BCUT2D eigenvalue weighted by molar-refractivity contribution is -0.137. The Hall–Kier alpha value is -3.56. The number of hydrogen-bond acceptors (Lipinski definition) is 5. The van der Waals surface area contributed by atoms with Gasteiger partial charge in [-0.2, -0.15) is 18.3 Å². The van der Waals surface area contributed by atoms with Crippen LogP contribution in [0.3, 0.4) is 0 Å². The van der Waals surface area contributed by atoms with Crippen molar-refractivity contribution in [2.24, 2.45) is 0 Å². The van der Waals surface area contributed by atoms with Crippen molar-refractivity contribution in [2.75, 3.05) is 11.1 Å². The Morgan fingerprint density at radius 3 is 2.61 bits per heavy atom. The summed E-state index contributed by atoms with van der Waals surface area (Å²) in [5, 5.41) is 6.25. The van der Waals surface area contributed by atoms with E-state index in [4.69, 9.17) is 10.2 Å². The number of nitrogens with zero attached hydrogens (tertiary/aromatic N) is 2. The number of alkyl halides is 3. The van der Waals surface area contributed by atoms with Crippen molar-refractivity contribution < 1.29 is 22.4 Å². The number of carbonyl (C=O) groups excluding carboxylic acids is 1. The van der Waals surface area contributed by atoms with E-state index < -0.39 is 34.9 Å². The van der Waals surface area contributed by atoms with Gasteiger partial charge in [0.25, 0.3) is 5.56 Å². The van der Waals surface area contributed by atoms with Gasteiger partial charge in [-0.3, -0.25) is 9.59 Å². The fourth-order valence-corrected chi connectivity index (χ4v) is 2.53. The third-order valence-electron chi connectivity index (χ3n) is 3.97. The van der Waals surface area contributed by atoms with Crippen molar-refractivity contribution >= 4 is 17.3 Å².